The minimum Gasteiger partial charge on any atom is -0.373 e. The largest absolute Gasteiger partial charge is 0.373 e. The summed E-state index contributed by atoms with van der Waals surface area (Å²) in [5.41, 5.74) is 0.189. The molecule has 9 heavy (non-hydrogen) atoms. The molecule has 0 aromatic carbocycles. The Balaban J connectivity index is 1.99. The lowest BCUT2D eigenvalue weighted by Gasteiger charge is -2.37. The standard InChI is InChI=1S/C6H12N2O/c7-8-3-1-6(5-8)2-4-9-6/h1-5,7H2. The zero-order valence-electron chi connectivity index (χ0n) is 5.47. The Hall–Kier alpha value is -0.120. The van der Waals surface area contributed by atoms with Gasteiger partial charge in [-0.2, -0.15) is 0 Å². The molecule has 2 aliphatic heterocycles. The van der Waals surface area contributed by atoms with E-state index in [0.717, 1.165) is 26.1 Å². The van der Waals surface area contributed by atoms with Crippen molar-refractivity contribution in [3.05, 3.63) is 0 Å². The molecule has 0 aromatic rings. The van der Waals surface area contributed by atoms with Crippen LogP contribution >= 0.6 is 0 Å². The van der Waals surface area contributed by atoms with Crippen LogP contribution in [0.25, 0.3) is 0 Å². The molecule has 52 valence electrons. The van der Waals surface area contributed by atoms with Gasteiger partial charge in [-0.3, -0.25) is 5.84 Å². The fraction of sp³-hybridized carbons (Fsp3) is 1.00. The second-order valence-corrected chi connectivity index (χ2v) is 3.00. The van der Waals surface area contributed by atoms with Crippen molar-refractivity contribution in [1.29, 1.82) is 0 Å². The van der Waals surface area contributed by atoms with E-state index in [1.54, 1.807) is 0 Å². The monoisotopic (exact) mass is 128 g/mol. The summed E-state index contributed by atoms with van der Waals surface area (Å²) >= 11 is 0. The average molecular weight is 128 g/mol. The summed E-state index contributed by atoms with van der Waals surface area (Å²) in [6.07, 6.45) is 2.34. The summed E-state index contributed by atoms with van der Waals surface area (Å²) in [7, 11) is 0. The molecule has 1 spiro atoms. The Morgan fingerprint density at radius 2 is 2.22 bits per heavy atom. The molecule has 3 nitrogen and oxygen atoms in total. The number of ether oxygens (including phenoxy) is 1. The molecule has 2 rings (SSSR count). The average Bonchev–Trinajstić information content (AvgIpc) is 2.09. The molecule has 0 aliphatic carbocycles. The third-order valence-electron chi connectivity index (χ3n) is 2.31. The van der Waals surface area contributed by atoms with Crippen molar-refractivity contribution in [3.63, 3.8) is 0 Å². The predicted octanol–water partition coefficient (Wildman–Crippen LogP) is -0.275. The van der Waals surface area contributed by atoms with Crippen molar-refractivity contribution in [3.8, 4) is 0 Å². The number of hydrogen-bond donors (Lipinski definition) is 1. The quantitative estimate of drug-likeness (QED) is 0.456. The van der Waals surface area contributed by atoms with Gasteiger partial charge in [-0.05, 0) is 6.42 Å². The highest BCUT2D eigenvalue weighted by Gasteiger charge is 2.43. The van der Waals surface area contributed by atoms with Gasteiger partial charge in [0.25, 0.3) is 0 Å². The minimum absolute atomic E-state index is 0.189. The van der Waals surface area contributed by atoms with E-state index in [9.17, 15) is 0 Å². The molecule has 2 fully saturated rings. The Morgan fingerprint density at radius 3 is 2.44 bits per heavy atom. The number of hydrogen-bond acceptors (Lipinski definition) is 3. The van der Waals surface area contributed by atoms with Crippen molar-refractivity contribution in [1.82, 2.24) is 5.01 Å². The van der Waals surface area contributed by atoms with Crippen molar-refractivity contribution >= 4 is 0 Å². The maximum absolute atomic E-state index is 5.57. The molecule has 0 saturated carbocycles. The summed E-state index contributed by atoms with van der Waals surface area (Å²) in [5.74, 6) is 5.57. The van der Waals surface area contributed by atoms with Gasteiger partial charge in [-0.1, -0.05) is 0 Å². The second kappa shape index (κ2) is 1.68. The molecule has 1 atom stereocenters. The van der Waals surface area contributed by atoms with Crippen molar-refractivity contribution < 1.29 is 4.74 Å². The Bertz CT molecular complexity index is 122. The third kappa shape index (κ3) is 0.764. The van der Waals surface area contributed by atoms with Crippen LogP contribution in [0.5, 0.6) is 0 Å². The van der Waals surface area contributed by atoms with Gasteiger partial charge in [-0.15, -0.1) is 0 Å². The Morgan fingerprint density at radius 1 is 1.44 bits per heavy atom. The highest BCUT2D eigenvalue weighted by molar-refractivity contribution is 4.94. The van der Waals surface area contributed by atoms with E-state index < -0.39 is 0 Å². The topological polar surface area (TPSA) is 38.5 Å². The maximum atomic E-state index is 5.57. The van der Waals surface area contributed by atoms with E-state index in [1.165, 1.54) is 6.42 Å². The van der Waals surface area contributed by atoms with Gasteiger partial charge < -0.3 is 4.74 Å². The van der Waals surface area contributed by atoms with Gasteiger partial charge in [0.15, 0.2) is 0 Å². The summed E-state index contributed by atoms with van der Waals surface area (Å²) in [5, 5.41) is 1.85. The SMILES string of the molecule is NN1CCC2(CCO2)C1. The van der Waals surface area contributed by atoms with E-state index in [4.69, 9.17) is 10.6 Å². The molecule has 2 heterocycles. The molecule has 1 unspecified atom stereocenters. The highest BCUT2D eigenvalue weighted by atomic mass is 16.5. The van der Waals surface area contributed by atoms with Gasteiger partial charge in [-0.25, -0.2) is 5.01 Å². The lowest BCUT2D eigenvalue weighted by Crippen LogP contribution is -2.46. The number of nitrogens with two attached hydrogens (primary N) is 1. The summed E-state index contributed by atoms with van der Waals surface area (Å²) in [4.78, 5) is 0. The second-order valence-electron chi connectivity index (χ2n) is 3.00. The van der Waals surface area contributed by atoms with Crippen molar-refractivity contribution in [2.75, 3.05) is 19.7 Å². The van der Waals surface area contributed by atoms with Crippen LogP contribution in [0.15, 0.2) is 0 Å². The van der Waals surface area contributed by atoms with Crippen LogP contribution in [-0.4, -0.2) is 30.3 Å². The molecule has 3 heteroatoms. The molecule has 2 saturated heterocycles. The van der Waals surface area contributed by atoms with E-state index >= 15 is 0 Å². The van der Waals surface area contributed by atoms with Crippen LogP contribution in [-0.2, 0) is 4.74 Å². The summed E-state index contributed by atoms with van der Waals surface area (Å²) < 4.78 is 5.43. The molecule has 2 aliphatic rings. The Labute approximate surface area is 54.7 Å². The van der Waals surface area contributed by atoms with E-state index in [2.05, 4.69) is 0 Å². The first-order valence-corrected chi connectivity index (χ1v) is 3.44. The number of hydrazine groups is 1. The minimum atomic E-state index is 0.189. The van der Waals surface area contributed by atoms with E-state index in [-0.39, 0.29) is 5.60 Å². The first-order chi connectivity index (χ1) is 4.31. The lowest BCUT2D eigenvalue weighted by molar-refractivity contribution is -0.137. The highest BCUT2D eigenvalue weighted by Crippen LogP contribution is 2.34. The Kier molecular flexibility index (Phi) is 1.06. The van der Waals surface area contributed by atoms with Gasteiger partial charge in [0.1, 0.15) is 0 Å². The number of rotatable bonds is 0. The zero-order chi connectivity index (χ0) is 6.32. The van der Waals surface area contributed by atoms with Crippen molar-refractivity contribution in [2.45, 2.75) is 18.4 Å². The van der Waals surface area contributed by atoms with Crippen LogP contribution in [0.1, 0.15) is 12.8 Å². The zero-order valence-corrected chi connectivity index (χ0v) is 5.47. The van der Waals surface area contributed by atoms with Crippen LogP contribution in [0.2, 0.25) is 0 Å². The molecule has 0 radical (unpaired) electrons. The van der Waals surface area contributed by atoms with Crippen LogP contribution < -0.4 is 5.84 Å². The molecule has 0 aromatic heterocycles. The van der Waals surface area contributed by atoms with Gasteiger partial charge in [0.2, 0.25) is 0 Å². The predicted molar refractivity (Wildman–Crippen MR) is 33.7 cm³/mol. The molecular weight excluding hydrogens is 116 g/mol. The molecule has 2 N–H and O–H groups in total. The first-order valence-electron chi connectivity index (χ1n) is 3.44. The van der Waals surface area contributed by atoms with Crippen LogP contribution in [0, 0.1) is 0 Å². The van der Waals surface area contributed by atoms with Gasteiger partial charge in [0, 0.05) is 19.5 Å². The first kappa shape index (κ1) is 5.65. The lowest BCUT2D eigenvalue weighted by atomic mass is 9.94. The number of nitrogens with zero attached hydrogens (tertiary/aromatic N) is 1. The molecule has 0 bridgehead atoms. The summed E-state index contributed by atoms with van der Waals surface area (Å²) in [6, 6.07) is 0. The third-order valence-corrected chi connectivity index (χ3v) is 2.31. The van der Waals surface area contributed by atoms with E-state index in [1.807, 2.05) is 5.01 Å². The van der Waals surface area contributed by atoms with Gasteiger partial charge in [0.05, 0.1) is 12.2 Å². The summed E-state index contributed by atoms with van der Waals surface area (Å²) in [6.45, 7) is 2.88. The normalized spacial score (nSPS) is 43.7. The van der Waals surface area contributed by atoms with Crippen LogP contribution in [0.3, 0.4) is 0 Å². The fourth-order valence-corrected chi connectivity index (χ4v) is 1.59. The van der Waals surface area contributed by atoms with Crippen molar-refractivity contribution in [2.24, 2.45) is 5.84 Å². The molecule has 0 amide bonds. The van der Waals surface area contributed by atoms with Crippen LogP contribution in [0.4, 0.5) is 0 Å². The van der Waals surface area contributed by atoms with E-state index in [0.29, 0.717) is 0 Å². The molecular formula is C6H12N2O. The fourth-order valence-electron chi connectivity index (χ4n) is 1.59. The maximum Gasteiger partial charge on any atom is 0.0857 e. The smallest absolute Gasteiger partial charge is 0.0857 e. The van der Waals surface area contributed by atoms with Gasteiger partial charge >= 0.3 is 0 Å².